The summed E-state index contributed by atoms with van der Waals surface area (Å²) in [7, 11) is 0. The number of hydrogen-bond acceptors (Lipinski definition) is 4. The molecule has 156 valence electrons. The lowest BCUT2D eigenvalue weighted by molar-refractivity contribution is -0.143. The summed E-state index contributed by atoms with van der Waals surface area (Å²) in [5, 5.41) is 0. The molecule has 28 heavy (non-hydrogen) atoms. The van der Waals surface area contributed by atoms with E-state index >= 15 is 0 Å². The standard InChI is InChI=1S/C20H27F3N2O3/c1-19(2,3)28-18(26)25-11-9-14(12-25)16(13-6-4-7-13)27-15-8-5-10-24-17(15)20(21,22)23/h5,8,10,13-14,16H,4,6-7,9,11-12H2,1-3H3. The number of rotatable bonds is 4. The van der Waals surface area contributed by atoms with E-state index in [2.05, 4.69) is 4.98 Å². The fraction of sp³-hybridized carbons (Fsp3) is 0.700. The number of alkyl halides is 3. The van der Waals surface area contributed by atoms with Crippen LogP contribution in [0.2, 0.25) is 0 Å². The van der Waals surface area contributed by atoms with Crippen LogP contribution in [0.3, 0.4) is 0 Å². The minimum Gasteiger partial charge on any atom is -0.488 e. The van der Waals surface area contributed by atoms with Gasteiger partial charge in [-0.2, -0.15) is 13.2 Å². The lowest BCUT2D eigenvalue weighted by Gasteiger charge is -2.37. The lowest BCUT2D eigenvalue weighted by Crippen LogP contribution is -2.41. The van der Waals surface area contributed by atoms with E-state index in [1.165, 1.54) is 12.1 Å². The van der Waals surface area contributed by atoms with E-state index in [9.17, 15) is 18.0 Å². The zero-order chi connectivity index (χ0) is 20.5. The summed E-state index contributed by atoms with van der Waals surface area (Å²) < 4.78 is 51.2. The fourth-order valence-corrected chi connectivity index (χ4v) is 3.74. The molecular formula is C20H27F3N2O3. The van der Waals surface area contributed by atoms with Crippen molar-refractivity contribution in [1.82, 2.24) is 9.88 Å². The van der Waals surface area contributed by atoms with Crippen LogP contribution in [0.25, 0.3) is 0 Å². The number of nitrogens with zero attached hydrogens (tertiary/aromatic N) is 2. The SMILES string of the molecule is CC(C)(C)OC(=O)N1CCC(C(Oc2cccnc2C(F)(F)F)C2CCC2)C1. The molecular weight excluding hydrogens is 373 g/mol. The molecule has 5 nitrogen and oxygen atoms in total. The van der Waals surface area contributed by atoms with Crippen LogP contribution in [0.4, 0.5) is 18.0 Å². The number of aromatic nitrogens is 1. The van der Waals surface area contributed by atoms with Gasteiger partial charge in [0.25, 0.3) is 0 Å². The number of amides is 1. The van der Waals surface area contributed by atoms with Gasteiger partial charge in [0.1, 0.15) is 11.7 Å². The van der Waals surface area contributed by atoms with Crippen molar-refractivity contribution in [3.05, 3.63) is 24.0 Å². The third kappa shape index (κ3) is 4.89. The Labute approximate surface area is 163 Å². The minimum atomic E-state index is -4.57. The third-order valence-corrected chi connectivity index (χ3v) is 5.26. The number of carbonyl (C=O) groups excluding carboxylic acids is 1. The van der Waals surface area contributed by atoms with Gasteiger partial charge in [0.2, 0.25) is 0 Å². The molecule has 1 aliphatic heterocycles. The predicted octanol–water partition coefficient (Wildman–Crippen LogP) is 4.90. The van der Waals surface area contributed by atoms with Gasteiger partial charge >= 0.3 is 12.3 Å². The van der Waals surface area contributed by atoms with Crippen molar-refractivity contribution in [1.29, 1.82) is 0 Å². The smallest absolute Gasteiger partial charge is 0.437 e. The van der Waals surface area contributed by atoms with Crippen LogP contribution in [-0.2, 0) is 10.9 Å². The van der Waals surface area contributed by atoms with E-state index < -0.39 is 17.5 Å². The Morgan fingerprint density at radius 1 is 1.21 bits per heavy atom. The zero-order valence-corrected chi connectivity index (χ0v) is 16.5. The van der Waals surface area contributed by atoms with Gasteiger partial charge in [-0.3, -0.25) is 0 Å². The molecule has 1 aromatic rings. The van der Waals surface area contributed by atoms with Gasteiger partial charge in [-0.25, -0.2) is 9.78 Å². The third-order valence-electron chi connectivity index (χ3n) is 5.26. The number of carbonyl (C=O) groups is 1. The molecule has 1 saturated heterocycles. The second-order valence-corrected chi connectivity index (χ2v) is 8.60. The van der Waals surface area contributed by atoms with Crippen molar-refractivity contribution in [2.45, 2.75) is 64.3 Å². The number of hydrogen-bond donors (Lipinski definition) is 0. The molecule has 1 amide bonds. The summed E-state index contributed by atoms with van der Waals surface area (Å²) in [5.41, 5.74) is -1.59. The predicted molar refractivity (Wildman–Crippen MR) is 96.9 cm³/mol. The molecule has 1 aliphatic carbocycles. The Morgan fingerprint density at radius 3 is 2.50 bits per heavy atom. The zero-order valence-electron chi connectivity index (χ0n) is 16.5. The minimum absolute atomic E-state index is 0.0286. The first-order chi connectivity index (χ1) is 13.0. The second-order valence-electron chi connectivity index (χ2n) is 8.60. The van der Waals surface area contributed by atoms with Gasteiger partial charge in [0, 0.05) is 25.2 Å². The van der Waals surface area contributed by atoms with Gasteiger partial charge in [-0.1, -0.05) is 6.42 Å². The van der Waals surface area contributed by atoms with Crippen LogP contribution < -0.4 is 4.74 Å². The Balaban J connectivity index is 1.74. The summed E-state index contributed by atoms with van der Waals surface area (Å²) in [4.78, 5) is 17.4. The number of pyridine rings is 1. The maximum Gasteiger partial charge on any atom is 0.437 e. The van der Waals surface area contributed by atoms with Crippen molar-refractivity contribution < 1.29 is 27.4 Å². The summed E-state index contributed by atoms with van der Waals surface area (Å²) in [6.45, 7) is 6.36. The maximum absolute atomic E-state index is 13.3. The van der Waals surface area contributed by atoms with Crippen LogP contribution in [0.5, 0.6) is 5.75 Å². The molecule has 2 aliphatic rings. The summed E-state index contributed by atoms with van der Waals surface area (Å²) in [6, 6.07) is 2.77. The molecule has 0 radical (unpaired) electrons. The first-order valence-corrected chi connectivity index (χ1v) is 9.71. The van der Waals surface area contributed by atoms with Gasteiger partial charge in [0.15, 0.2) is 11.4 Å². The first-order valence-electron chi connectivity index (χ1n) is 9.71. The Bertz CT molecular complexity index is 699. The van der Waals surface area contributed by atoms with Crippen LogP contribution >= 0.6 is 0 Å². The molecule has 2 unspecified atom stereocenters. The van der Waals surface area contributed by atoms with Crippen molar-refractivity contribution in [3.63, 3.8) is 0 Å². The van der Waals surface area contributed by atoms with E-state index in [1.807, 2.05) is 0 Å². The molecule has 3 rings (SSSR count). The Hall–Kier alpha value is -1.99. The van der Waals surface area contributed by atoms with Crippen LogP contribution in [0.15, 0.2) is 18.3 Å². The van der Waals surface area contributed by atoms with Crippen molar-refractivity contribution in [2.75, 3.05) is 13.1 Å². The highest BCUT2D eigenvalue weighted by Gasteiger charge is 2.43. The largest absolute Gasteiger partial charge is 0.488 e. The number of likely N-dealkylation sites (tertiary alicyclic amines) is 1. The van der Waals surface area contributed by atoms with E-state index in [1.54, 1.807) is 25.7 Å². The summed E-state index contributed by atoms with van der Waals surface area (Å²) in [5.74, 6) is -0.0633. The summed E-state index contributed by atoms with van der Waals surface area (Å²) in [6.07, 6.45) is -0.628. The monoisotopic (exact) mass is 400 g/mol. The van der Waals surface area contributed by atoms with Gasteiger partial charge in [0.05, 0.1) is 0 Å². The van der Waals surface area contributed by atoms with Gasteiger partial charge < -0.3 is 14.4 Å². The fourth-order valence-electron chi connectivity index (χ4n) is 3.74. The topological polar surface area (TPSA) is 51.7 Å². The van der Waals surface area contributed by atoms with E-state index in [-0.39, 0.29) is 29.8 Å². The van der Waals surface area contributed by atoms with Crippen LogP contribution in [0.1, 0.15) is 52.1 Å². The maximum atomic E-state index is 13.3. The molecule has 0 spiro atoms. The van der Waals surface area contributed by atoms with E-state index in [0.29, 0.717) is 19.5 Å². The highest BCUT2D eigenvalue weighted by Crippen LogP contribution is 2.41. The number of ether oxygens (including phenoxy) is 2. The molecule has 0 bridgehead atoms. The van der Waals surface area contributed by atoms with E-state index in [4.69, 9.17) is 9.47 Å². The van der Waals surface area contributed by atoms with Gasteiger partial charge in [-0.15, -0.1) is 0 Å². The van der Waals surface area contributed by atoms with Crippen LogP contribution in [0, 0.1) is 11.8 Å². The quantitative estimate of drug-likeness (QED) is 0.721. The molecule has 8 heteroatoms. The summed E-state index contributed by atoms with van der Waals surface area (Å²) >= 11 is 0. The normalized spacial score (nSPS) is 21.9. The molecule has 2 atom stereocenters. The molecule has 0 aromatic carbocycles. The average molecular weight is 400 g/mol. The molecule has 2 heterocycles. The Morgan fingerprint density at radius 2 is 1.93 bits per heavy atom. The van der Waals surface area contributed by atoms with E-state index in [0.717, 1.165) is 25.5 Å². The van der Waals surface area contributed by atoms with Gasteiger partial charge in [-0.05, 0) is 58.1 Å². The van der Waals surface area contributed by atoms with Crippen LogP contribution in [-0.4, -0.2) is 40.8 Å². The van der Waals surface area contributed by atoms with Crippen molar-refractivity contribution in [3.8, 4) is 5.75 Å². The number of halogens is 3. The second kappa shape index (κ2) is 7.79. The molecule has 1 saturated carbocycles. The molecule has 1 aromatic heterocycles. The molecule has 2 fully saturated rings. The highest BCUT2D eigenvalue weighted by atomic mass is 19.4. The average Bonchev–Trinajstić information content (AvgIpc) is 3.00. The van der Waals surface area contributed by atoms with Crippen molar-refractivity contribution in [2.24, 2.45) is 11.8 Å². The highest BCUT2D eigenvalue weighted by molar-refractivity contribution is 5.68. The lowest BCUT2D eigenvalue weighted by atomic mass is 9.76. The molecule has 0 N–H and O–H groups in total. The van der Waals surface area contributed by atoms with Crippen molar-refractivity contribution >= 4 is 6.09 Å². The first kappa shape index (κ1) is 20.7. The Kier molecular flexibility index (Phi) is 5.77.